The van der Waals surface area contributed by atoms with Gasteiger partial charge in [-0.25, -0.2) is 0 Å². The van der Waals surface area contributed by atoms with Crippen LogP contribution in [-0.2, 0) is 6.42 Å². The van der Waals surface area contributed by atoms with E-state index in [4.69, 9.17) is 10.5 Å². The summed E-state index contributed by atoms with van der Waals surface area (Å²) in [6.07, 6.45) is 4.08. The van der Waals surface area contributed by atoms with Gasteiger partial charge in [0.25, 0.3) is 0 Å². The van der Waals surface area contributed by atoms with E-state index in [9.17, 15) is 0 Å². The van der Waals surface area contributed by atoms with Crippen molar-refractivity contribution < 1.29 is 4.74 Å². The molecule has 1 aliphatic heterocycles. The van der Waals surface area contributed by atoms with Crippen LogP contribution < -0.4 is 10.5 Å². The summed E-state index contributed by atoms with van der Waals surface area (Å²) in [5, 5.41) is 7.32. The molecule has 5 rings (SSSR count). The lowest BCUT2D eigenvalue weighted by Gasteiger charge is -2.31. The normalized spacial score (nSPS) is 24.0. The van der Waals surface area contributed by atoms with E-state index in [2.05, 4.69) is 64.5 Å². The molecule has 2 aliphatic rings. The molecular weight excluding hydrogens is 360 g/mol. The Morgan fingerprint density at radius 3 is 2.90 bits per heavy atom. The molecule has 5 heteroatoms. The molecule has 1 saturated heterocycles. The summed E-state index contributed by atoms with van der Waals surface area (Å²) in [6, 6.07) is 17.4. The number of aromatic amines is 1. The fourth-order valence-corrected chi connectivity index (χ4v) is 4.85. The van der Waals surface area contributed by atoms with Gasteiger partial charge in [-0.05, 0) is 68.1 Å². The summed E-state index contributed by atoms with van der Waals surface area (Å²) in [4.78, 5) is 2.59. The van der Waals surface area contributed by atoms with E-state index in [1.807, 2.05) is 12.3 Å². The number of aromatic nitrogens is 2. The average Bonchev–Trinajstić information content (AvgIpc) is 3.49. The summed E-state index contributed by atoms with van der Waals surface area (Å²) < 4.78 is 6.78. The number of H-pyrrole nitrogens is 1. The highest BCUT2D eigenvalue weighted by Crippen LogP contribution is 2.41. The van der Waals surface area contributed by atoms with Crippen molar-refractivity contribution in [3.8, 4) is 17.0 Å². The first-order valence-electron chi connectivity index (χ1n) is 10.5. The minimum atomic E-state index is 0.0168. The molecule has 0 spiro atoms. The van der Waals surface area contributed by atoms with Gasteiger partial charge in [0.2, 0.25) is 0 Å². The zero-order valence-electron chi connectivity index (χ0n) is 16.8. The average molecular weight is 389 g/mol. The van der Waals surface area contributed by atoms with Crippen LogP contribution in [0.15, 0.2) is 54.7 Å². The van der Waals surface area contributed by atoms with Gasteiger partial charge in [0.1, 0.15) is 11.9 Å². The van der Waals surface area contributed by atoms with Crippen molar-refractivity contribution in [3.05, 3.63) is 71.4 Å². The van der Waals surface area contributed by atoms with E-state index in [1.54, 1.807) is 0 Å². The number of benzene rings is 2. The predicted molar refractivity (Wildman–Crippen MR) is 115 cm³/mol. The third kappa shape index (κ3) is 3.45. The first-order valence-corrected chi connectivity index (χ1v) is 10.5. The summed E-state index contributed by atoms with van der Waals surface area (Å²) in [6.45, 7) is 5.03. The van der Waals surface area contributed by atoms with Crippen molar-refractivity contribution in [1.82, 2.24) is 15.1 Å². The fraction of sp³-hybridized carbons (Fsp3) is 0.375. The van der Waals surface area contributed by atoms with Crippen LogP contribution >= 0.6 is 0 Å². The monoisotopic (exact) mass is 388 g/mol. The summed E-state index contributed by atoms with van der Waals surface area (Å²) in [5.74, 6) is 1.49. The number of likely N-dealkylation sites (tertiary alicyclic amines) is 1. The highest BCUT2D eigenvalue weighted by Gasteiger charge is 2.40. The highest BCUT2D eigenvalue weighted by molar-refractivity contribution is 5.67. The zero-order valence-corrected chi connectivity index (χ0v) is 16.8. The Hall–Kier alpha value is -2.63. The van der Waals surface area contributed by atoms with E-state index < -0.39 is 0 Å². The second-order valence-electron chi connectivity index (χ2n) is 8.35. The quantitative estimate of drug-likeness (QED) is 0.699. The van der Waals surface area contributed by atoms with Crippen molar-refractivity contribution in [3.63, 3.8) is 0 Å². The molecule has 0 saturated carbocycles. The van der Waals surface area contributed by atoms with Crippen molar-refractivity contribution in [2.45, 2.75) is 31.9 Å². The van der Waals surface area contributed by atoms with Gasteiger partial charge in [-0.15, -0.1) is 0 Å². The van der Waals surface area contributed by atoms with Gasteiger partial charge in [0, 0.05) is 18.3 Å². The van der Waals surface area contributed by atoms with E-state index >= 15 is 0 Å². The van der Waals surface area contributed by atoms with Crippen LogP contribution in [-0.4, -0.2) is 40.8 Å². The lowest BCUT2D eigenvalue weighted by atomic mass is 10.1. The molecule has 2 heterocycles. The molecule has 0 bridgehead atoms. The number of nitrogens with one attached hydrogen (secondary N) is 1. The number of nitrogens with two attached hydrogens (primary N) is 1. The number of aryl methyl sites for hydroxylation is 1. The van der Waals surface area contributed by atoms with Crippen LogP contribution in [0, 0.1) is 12.8 Å². The molecule has 1 unspecified atom stereocenters. The van der Waals surface area contributed by atoms with Crippen LogP contribution in [0.5, 0.6) is 5.75 Å². The maximum absolute atomic E-state index is 6.78. The van der Waals surface area contributed by atoms with E-state index in [-0.39, 0.29) is 6.10 Å². The zero-order chi connectivity index (χ0) is 19.8. The molecule has 0 radical (unpaired) electrons. The molecule has 1 aliphatic carbocycles. The Kier molecular flexibility index (Phi) is 4.86. The SMILES string of the molecule is Cc1ccc(OC2c3ccccc3C[C@H]2N2CC[C@H](CN)C2)c(-c2cc[nH]n2)c1. The van der Waals surface area contributed by atoms with Crippen LogP contribution in [0.4, 0.5) is 0 Å². The van der Waals surface area contributed by atoms with Gasteiger partial charge in [0.05, 0.1) is 11.7 Å². The Morgan fingerprint density at radius 1 is 1.21 bits per heavy atom. The number of rotatable bonds is 5. The number of nitrogens with zero attached hydrogens (tertiary/aromatic N) is 2. The maximum Gasteiger partial charge on any atom is 0.140 e. The molecule has 29 heavy (non-hydrogen) atoms. The molecule has 3 N–H and O–H groups in total. The number of fused-ring (bicyclic) bond motifs is 1. The summed E-state index contributed by atoms with van der Waals surface area (Å²) in [5.41, 5.74) is 11.8. The Morgan fingerprint density at radius 2 is 2.10 bits per heavy atom. The number of hydrogen-bond acceptors (Lipinski definition) is 4. The second kappa shape index (κ2) is 7.65. The van der Waals surface area contributed by atoms with Gasteiger partial charge < -0.3 is 10.5 Å². The largest absolute Gasteiger partial charge is 0.483 e. The summed E-state index contributed by atoms with van der Waals surface area (Å²) in [7, 11) is 0. The molecule has 1 aromatic heterocycles. The van der Waals surface area contributed by atoms with Crippen molar-refractivity contribution in [1.29, 1.82) is 0 Å². The first-order chi connectivity index (χ1) is 14.2. The van der Waals surface area contributed by atoms with Crippen LogP contribution in [0.2, 0.25) is 0 Å². The molecule has 1 fully saturated rings. The van der Waals surface area contributed by atoms with Gasteiger partial charge in [-0.3, -0.25) is 10.00 Å². The highest BCUT2D eigenvalue weighted by atomic mass is 16.5. The van der Waals surface area contributed by atoms with E-state index in [0.29, 0.717) is 12.0 Å². The van der Waals surface area contributed by atoms with E-state index in [0.717, 1.165) is 43.1 Å². The van der Waals surface area contributed by atoms with Crippen LogP contribution in [0.25, 0.3) is 11.3 Å². The van der Waals surface area contributed by atoms with Gasteiger partial charge in [0.15, 0.2) is 0 Å². The third-order valence-corrected chi connectivity index (χ3v) is 6.43. The smallest absolute Gasteiger partial charge is 0.140 e. The van der Waals surface area contributed by atoms with Crippen molar-refractivity contribution in [2.24, 2.45) is 11.7 Å². The Balaban J connectivity index is 1.50. The van der Waals surface area contributed by atoms with Gasteiger partial charge >= 0.3 is 0 Å². The fourth-order valence-electron chi connectivity index (χ4n) is 4.85. The Labute approximate surface area is 171 Å². The second-order valence-corrected chi connectivity index (χ2v) is 8.35. The first kappa shape index (κ1) is 18.4. The van der Waals surface area contributed by atoms with Crippen LogP contribution in [0.3, 0.4) is 0 Å². The molecule has 0 amide bonds. The molecular formula is C24H28N4O. The molecule has 5 nitrogen and oxygen atoms in total. The minimum Gasteiger partial charge on any atom is -0.483 e. The predicted octanol–water partition coefficient (Wildman–Crippen LogP) is 3.71. The topological polar surface area (TPSA) is 67.2 Å². The number of hydrogen-bond donors (Lipinski definition) is 2. The molecule has 2 aromatic carbocycles. The molecule has 3 atom stereocenters. The van der Waals surface area contributed by atoms with Crippen molar-refractivity contribution >= 4 is 0 Å². The molecule has 150 valence electrons. The molecule has 3 aromatic rings. The van der Waals surface area contributed by atoms with Gasteiger partial charge in [-0.1, -0.05) is 35.9 Å². The lowest BCUT2D eigenvalue weighted by molar-refractivity contribution is 0.0921. The maximum atomic E-state index is 6.78. The number of ether oxygens (including phenoxy) is 1. The van der Waals surface area contributed by atoms with E-state index in [1.165, 1.54) is 23.1 Å². The van der Waals surface area contributed by atoms with Crippen LogP contribution in [0.1, 0.15) is 29.2 Å². The summed E-state index contributed by atoms with van der Waals surface area (Å²) >= 11 is 0. The lowest BCUT2D eigenvalue weighted by Crippen LogP contribution is -2.39. The Bertz CT molecular complexity index is 984. The van der Waals surface area contributed by atoms with Gasteiger partial charge in [-0.2, -0.15) is 5.10 Å². The third-order valence-electron chi connectivity index (χ3n) is 6.43. The van der Waals surface area contributed by atoms with Crippen molar-refractivity contribution in [2.75, 3.05) is 19.6 Å². The standard InChI is InChI=1S/C24H28N4O/c1-16-6-7-23(20(12-16)21-8-10-26-27-21)29-24-19-5-3-2-4-18(19)13-22(24)28-11-9-17(14-25)15-28/h2-8,10,12,17,22,24H,9,11,13-15,25H2,1H3,(H,26,27)/t17-,22-,24?/m1/s1. The minimum absolute atomic E-state index is 0.0168.